The number of fused-ring (bicyclic) bond motifs is 1. The molecule has 0 aliphatic rings. The first-order valence-electron chi connectivity index (χ1n) is 7.76. The molecule has 0 aromatic heterocycles. The van der Waals surface area contributed by atoms with Crippen LogP contribution in [0.25, 0.3) is 10.8 Å². The molecule has 0 spiro atoms. The Labute approximate surface area is 144 Å². The van der Waals surface area contributed by atoms with Crippen molar-refractivity contribution in [3.8, 4) is 23.0 Å². The quantitative estimate of drug-likeness (QED) is 0.359. The zero-order valence-electron chi connectivity index (χ0n) is 13.3. The maximum atomic E-state index is 10.2. The number of rotatable bonds is 5. The van der Waals surface area contributed by atoms with E-state index in [1.165, 1.54) is 12.1 Å². The van der Waals surface area contributed by atoms with Crippen LogP contribution in [0, 0.1) is 0 Å². The van der Waals surface area contributed by atoms with Gasteiger partial charge in [-0.1, -0.05) is 18.2 Å². The van der Waals surface area contributed by atoms with E-state index in [2.05, 4.69) is 0 Å². The molecule has 0 heterocycles. The Morgan fingerprint density at radius 1 is 0.840 bits per heavy atom. The van der Waals surface area contributed by atoms with Gasteiger partial charge in [0.15, 0.2) is 11.5 Å². The Hall–Kier alpha value is -2.96. The van der Waals surface area contributed by atoms with Crippen LogP contribution < -0.4 is 10.5 Å². The molecule has 3 aromatic carbocycles. The number of aliphatic hydroxyl groups excluding tert-OH is 1. The largest absolute Gasteiger partial charge is 0.508 e. The number of aromatic hydroxyl groups is 3. The molecule has 0 bridgehead atoms. The van der Waals surface area contributed by atoms with Crippen LogP contribution in [0.2, 0.25) is 0 Å². The van der Waals surface area contributed by atoms with Crippen LogP contribution in [0.4, 0.5) is 0 Å². The number of aliphatic hydroxyl groups is 1. The monoisotopic (exact) mass is 341 g/mol. The van der Waals surface area contributed by atoms with Gasteiger partial charge >= 0.3 is 0 Å². The van der Waals surface area contributed by atoms with Gasteiger partial charge < -0.3 is 30.9 Å². The Kier molecular flexibility index (Phi) is 4.65. The number of ether oxygens (including phenoxy) is 1. The lowest BCUT2D eigenvalue weighted by Gasteiger charge is -2.20. The minimum atomic E-state index is -1.23. The maximum Gasteiger partial charge on any atom is 0.213 e. The molecule has 6 N–H and O–H groups in total. The number of nitrogens with two attached hydrogens (primary N) is 1. The third-order valence-electron chi connectivity index (χ3n) is 3.94. The van der Waals surface area contributed by atoms with Gasteiger partial charge in [0, 0.05) is 0 Å². The average molecular weight is 341 g/mol. The molecule has 3 rings (SSSR count). The molecule has 0 radical (unpaired) electrons. The van der Waals surface area contributed by atoms with Crippen molar-refractivity contribution in [3.63, 3.8) is 0 Å². The van der Waals surface area contributed by atoms with Crippen molar-refractivity contribution >= 4 is 10.8 Å². The van der Waals surface area contributed by atoms with Gasteiger partial charge in [-0.05, 0) is 59.2 Å². The van der Waals surface area contributed by atoms with E-state index in [4.69, 9.17) is 10.5 Å². The van der Waals surface area contributed by atoms with Crippen LogP contribution in [0.5, 0.6) is 23.0 Å². The van der Waals surface area contributed by atoms with Gasteiger partial charge in [-0.2, -0.15) is 0 Å². The molecule has 0 saturated heterocycles. The van der Waals surface area contributed by atoms with Gasteiger partial charge in [0.05, 0.1) is 6.04 Å². The molecule has 6 nitrogen and oxygen atoms in total. The van der Waals surface area contributed by atoms with Gasteiger partial charge in [-0.3, -0.25) is 0 Å². The summed E-state index contributed by atoms with van der Waals surface area (Å²) in [6.07, 6.45) is -0.846. The minimum Gasteiger partial charge on any atom is -0.508 e. The van der Waals surface area contributed by atoms with Crippen LogP contribution >= 0.6 is 0 Å². The van der Waals surface area contributed by atoms with E-state index in [1.54, 1.807) is 42.5 Å². The van der Waals surface area contributed by atoms with E-state index < -0.39 is 12.3 Å². The molecule has 2 atom stereocenters. The first-order chi connectivity index (χ1) is 11.9. The first kappa shape index (κ1) is 16.9. The van der Waals surface area contributed by atoms with E-state index in [0.717, 1.165) is 10.9 Å². The minimum absolute atomic E-state index is 0.166. The second kappa shape index (κ2) is 6.88. The summed E-state index contributed by atoms with van der Waals surface area (Å²) in [5.74, 6) is 0.136. The highest BCUT2D eigenvalue weighted by atomic mass is 16.6. The summed E-state index contributed by atoms with van der Waals surface area (Å²) in [6, 6.07) is 13.8. The lowest BCUT2D eigenvalue weighted by Crippen LogP contribution is -2.40. The average Bonchev–Trinajstić information content (AvgIpc) is 2.58. The standard InChI is InChI=1S/C19H19NO5/c20-16(7-11-1-4-14(21)5-2-11)19(24)25-15-6-3-12-9-17(22)18(23)10-13(12)8-15/h1-6,8-10,16,19,21-24H,7,20H2. The van der Waals surface area contributed by atoms with Crippen molar-refractivity contribution in [2.24, 2.45) is 5.73 Å². The summed E-state index contributed by atoms with van der Waals surface area (Å²) in [6.45, 7) is 0. The number of hydrogen-bond acceptors (Lipinski definition) is 6. The SMILES string of the molecule is NC(Cc1ccc(O)cc1)C(O)Oc1ccc2cc(O)c(O)cc2c1. The zero-order valence-corrected chi connectivity index (χ0v) is 13.3. The van der Waals surface area contributed by atoms with Gasteiger partial charge in [-0.25, -0.2) is 0 Å². The summed E-state index contributed by atoms with van der Waals surface area (Å²) in [5, 5.41) is 39.9. The highest BCUT2D eigenvalue weighted by molar-refractivity contribution is 5.87. The van der Waals surface area contributed by atoms with Crippen LogP contribution in [-0.4, -0.2) is 32.8 Å². The number of hydrogen-bond donors (Lipinski definition) is 5. The van der Waals surface area contributed by atoms with Crippen molar-refractivity contribution in [2.75, 3.05) is 0 Å². The summed E-state index contributed by atoms with van der Waals surface area (Å²) >= 11 is 0. The molecular formula is C19H19NO5. The van der Waals surface area contributed by atoms with Crippen LogP contribution in [0.3, 0.4) is 0 Å². The predicted octanol–water partition coefficient (Wildman–Crippen LogP) is 2.22. The van der Waals surface area contributed by atoms with E-state index in [9.17, 15) is 20.4 Å². The van der Waals surface area contributed by atoms with E-state index in [-0.39, 0.29) is 17.2 Å². The van der Waals surface area contributed by atoms with Crippen molar-refractivity contribution in [1.82, 2.24) is 0 Å². The predicted molar refractivity (Wildman–Crippen MR) is 93.7 cm³/mol. The smallest absolute Gasteiger partial charge is 0.213 e. The van der Waals surface area contributed by atoms with Gasteiger partial charge in [-0.15, -0.1) is 0 Å². The molecule has 25 heavy (non-hydrogen) atoms. The second-order valence-electron chi connectivity index (χ2n) is 5.89. The summed E-state index contributed by atoms with van der Waals surface area (Å²) in [5.41, 5.74) is 6.85. The highest BCUT2D eigenvalue weighted by Crippen LogP contribution is 2.32. The van der Waals surface area contributed by atoms with Crippen LogP contribution in [-0.2, 0) is 6.42 Å². The molecule has 130 valence electrons. The van der Waals surface area contributed by atoms with E-state index >= 15 is 0 Å². The zero-order chi connectivity index (χ0) is 18.0. The number of phenolic OH excluding ortho intramolecular Hbond substituents is 3. The highest BCUT2D eigenvalue weighted by Gasteiger charge is 2.17. The number of benzene rings is 3. The van der Waals surface area contributed by atoms with Gasteiger partial charge in [0.2, 0.25) is 6.29 Å². The Morgan fingerprint density at radius 2 is 1.48 bits per heavy atom. The third-order valence-corrected chi connectivity index (χ3v) is 3.94. The van der Waals surface area contributed by atoms with Crippen molar-refractivity contribution in [2.45, 2.75) is 18.8 Å². The van der Waals surface area contributed by atoms with Crippen molar-refractivity contribution < 1.29 is 25.2 Å². The summed E-state index contributed by atoms with van der Waals surface area (Å²) < 4.78 is 5.49. The molecule has 2 unspecified atom stereocenters. The molecule has 6 heteroatoms. The van der Waals surface area contributed by atoms with Crippen LogP contribution in [0.15, 0.2) is 54.6 Å². The van der Waals surface area contributed by atoms with Gasteiger partial charge in [0.25, 0.3) is 0 Å². The molecule has 0 aliphatic heterocycles. The Bertz CT molecular complexity index is 879. The summed E-state index contributed by atoms with van der Waals surface area (Å²) in [4.78, 5) is 0. The first-order valence-corrected chi connectivity index (χ1v) is 7.76. The fraction of sp³-hybridized carbons (Fsp3) is 0.158. The molecule has 0 amide bonds. The van der Waals surface area contributed by atoms with Gasteiger partial charge in [0.1, 0.15) is 11.5 Å². The Morgan fingerprint density at radius 3 is 2.16 bits per heavy atom. The molecule has 0 aliphatic carbocycles. The lowest BCUT2D eigenvalue weighted by molar-refractivity contribution is -0.0359. The molecule has 3 aromatic rings. The van der Waals surface area contributed by atoms with Crippen molar-refractivity contribution in [1.29, 1.82) is 0 Å². The van der Waals surface area contributed by atoms with Crippen molar-refractivity contribution in [3.05, 3.63) is 60.2 Å². The molecule has 0 saturated carbocycles. The van der Waals surface area contributed by atoms with E-state index in [1.807, 2.05) is 0 Å². The third kappa shape index (κ3) is 3.93. The molecular weight excluding hydrogens is 322 g/mol. The topological polar surface area (TPSA) is 116 Å². The van der Waals surface area contributed by atoms with Crippen LogP contribution in [0.1, 0.15) is 5.56 Å². The van der Waals surface area contributed by atoms with E-state index in [0.29, 0.717) is 17.6 Å². The fourth-order valence-corrected chi connectivity index (χ4v) is 2.56. The Balaban J connectivity index is 1.71. The fourth-order valence-electron chi connectivity index (χ4n) is 2.56. The molecule has 0 fully saturated rings. The maximum absolute atomic E-state index is 10.2. The lowest BCUT2D eigenvalue weighted by atomic mass is 10.1. The normalized spacial score (nSPS) is 13.5. The number of phenols is 3. The second-order valence-corrected chi connectivity index (χ2v) is 5.89. The summed E-state index contributed by atoms with van der Waals surface area (Å²) in [7, 11) is 0.